The van der Waals surface area contributed by atoms with E-state index in [1.54, 1.807) is 0 Å². The van der Waals surface area contributed by atoms with Gasteiger partial charge in [0, 0.05) is 18.6 Å². The van der Waals surface area contributed by atoms with Crippen molar-refractivity contribution in [1.29, 1.82) is 0 Å². The summed E-state index contributed by atoms with van der Waals surface area (Å²) in [6.07, 6.45) is 4.88. The Morgan fingerprint density at radius 2 is 1.81 bits per heavy atom. The van der Waals surface area contributed by atoms with Crippen LogP contribution in [0, 0.1) is 11.8 Å². The van der Waals surface area contributed by atoms with Gasteiger partial charge < -0.3 is 10.4 Å². The molecule has 1 heterocycles. The third-order valence-electron chi connectivity index (χ3n) is 5.36. The van der Waals surface area contributed by atoms with Gasteiger partial charge in [-0.05, 0) is 52.4 Å². The number of nitrogens with zero attached hydrogens (tertiary/aromatic N) is 1. The minimum absolute atomic E-state index is 0.0339. The number of likely N-dealkylation sites (tertiary alicyclic amines) is 1. The summed E-state index contributed by atoms with van der Waals surface area (Å²) < 4.78 is 0. The van der Waals surface area contributed by atoms with E-state index in [1.807, 2.05) is 6.92 Å². The van der Waals surface area contributed by atoms with Crippen LogP contribution in [-0.2, 0) is 9.59 Å². The van der Waals surface area contributed by atoms with Crippen LogP contribution in [0.15, 0.2) is 0 Å². The monoisotopic (exact) mass is 296 g/mol. The number of hydrogen-bond acceptors (Lipinski definition) is 3. The van der Waals surface area contributed by atoms with Crippen molar-refractivity contribution in [2.45, 2.75) is 71.0 Å². The second kappa shape index (κ2) is 6.77. The van der Waals surface area contributed by atoms with Crippen molar-refractivity contribution in [3.63, 3.8) is 0 Å². The van der Waals surface area contributed by atoms with E-state index >= 15 is 0 Å². The quantitative estimate of drug-likeness (QED) is 0.812. The third-order valence-corrected chi connectivity index (χ3v) is 5.36. The van der Waals surface area contributed by atoms with Gasteiger partial charge in [-0.2, -0.15) is 0 Å². The predicted octanol–water partition coefficient (Wildman–Crippen LogP) is 1.86. The maximum Gasteiger partial charge on any atom is 0.306 e. The Bertz CT molecular complexity index is 389. The molecule has 1 aliphatic heterocycles. The fourth-order valence-corrected chi connectivity index (χ4v) is 4.10. The average Bonchev–Trinajstić information content (AvgIpc) is 3.02. The molecule has 21 heavy (non-hydrogen) atoms. The summed E-state index contributed by atoms with van der Waals surface area (Å²) in [5.41, 5.74) is 0. The fraction of sp³-hybridized carbons (Fsp3) is 0.875. The summed E-state index contributed by atoms with van der Waals surface area (Å²) in [6, 6.07) is 0.750. The van der Waals surface area contributed by atoms with Crippen LogP contribution in [0.4, 0.5) is 0 Å². The number of hydrogen-bond donors (Lipinski definition) is 2. The van der Waals surface area contributed by atoms with Crippen LogP contribution in [-0.4, -0.2) is 46.6 Å². The first-order chi connectivity index (χ1) is 9.91. The highest BCUT2D eigenvalue weighted by molar-refractivity contribution is 5.81. The fourth-order valence-electron chi connectivity index (χ4n) is 4.10. The molecular formula is C16H28N2O3. The summed E-state index contributed by atoms with van der Waals surface area (Å²) in [7, 11) is 0. The Morgan fingerprint density at radius 3 is 2.38 bits per heavy atom. The Hall–Kier alpha value is -1.10. The van der Waals surface area contributed by atoms with Gasteiger partial charge in [-0.15, -0.1) is 0 Å². The Kier molecular flexibility index (Phi) is 5.25. The molecule has 1 amide bonds. The molecule has 1 saturated carbocycles. The number of carbonyl (C=O) groups is 2. The van der Waals surface area contributed by atoms with E-state index < -0.39 is 5.97 Å². The first kappa shape index (κ1) is 16.3. The van der Waals surface area contributed by atoms with Gasteiger partial charge in [-0.25, -0.2) is 0 Å². The highest BCUT2D eigenvalue weighted by Crippen LogP contribution is 2.31. The van der Waals surface area contributed by atoms with E-state index in [9.17, 15) is 14.7 Å². The third kappa shape index (κ3) is 3.57. The Labute approximate surface area is 127 Å². The highest BCUT2D eigenvalue weighted by Gasteiger charge is 2.36. The number of nitrogens with one attached hydrogen (secondary N) is 1. The van der Waals surface area contributed by atoms with Crippen molar-refractivity contribution >= 4 is 11.9 Å². The van der Waals surface area contributed by atoms with Crippen molar-refractivity contribution in [2.75, 3.05) is 6.54 Å². The topological polar surface area (TPSA) is 69.6 Å². The lowest BCUT2D eigenvalue weighted by Gasteiger charge is -2.32. The van der Waals surface area contributed by atoms with Gasteiger partial charge in [0.2, 0.25) is 5.91 Å². The second-order valence-electron chi connectivity index (χ2n) is 6.78. The molecule has 2 aliphatic rings. The molecule has 0 spiro atoms. The van der Waals surface area contributed by atoms with Crippen molar-refractivity contribution < 1.29 is 14.7 Å². The van der Waals surface area contributed by atoms with E-state index in [0.29, 0.717) is 18.6 Å². The van der Waals surface area contributed by atoms with Gasteiger partial charge >= 0.3 is 5.97 Å². The van der Waals surface area contributed by atoms with Crippen molar-refractivity contribution in [3.05, 3.63) is 0 Å². The van der Waals surface area contributed by atoms with Crippen LogP contribution in [0.2, 0.25) is 0 Å². The van der Waals surface area contributed by atoms with Crippen LogP contribution in [0.5, 0.6) is 0 Å². The van der Waals surface area contributed by atoms with Crippen LogP contribution in [0.25, 0.3) is 0 Å². The maximum atomic E-state index is 12.4. The summed E-state index contributed by atoms with van der Waals surface area (Å²) in [5, 5.41) is 12.2. The van der Waals surface area contributed by atoms with Crippen LogP contribution >= 0.6 is 0 Å². The molecule has 0 aromatic heterocycles. The molecule has 0 aromatic carbocycles. The summed E-state index contributed by atoms with van der Waals surface area (Å²) in [4.78, 5) is 25.8. The Morgan fingerprint density at radius 1 is 1.19 bits per heavy atom. The smallest absolute Gasteiger partial charge is 0.306 e. The van der Waals surface area contributed by atoms with Crippen molar-refractivity contribution in [2.24, 2.45) is 11.8 Å². The average molecular weight is 296 g/mol. The SMILES string of the molecule is CC1CCC(C)N1C(C)C(=O)NCC1CCCC1C(=O)O. The normalized spacial score (nSPS) is 34.8. The molecule has 2 N–H and O–H groups in total. The molecule has 5 heteroatoms. The lowest BCUT2D eigenvalue weighted by molar-refractivity contribution is -0.143. The van der Waals surface area contributed by atoms with Gasteiger partial charge in [0.05, 0.1) is 12.0 Å². The van der Waals surface area contributed by atoms with Crippen molar-refractivity contribution in [1.82, 2.24) is 10.2 Å². The maximum absolute atomic E-state index is 12.4. The Balaban J connectivity index is 1.85. The van der Waals surface area contributed by atoms with Crippen LogP contribution < -0.4 is 5.32 Å². The van der Waals surface area contributed by atoms with Gasteiger partial charge in [-0.3, -0.25) is 14.5 Å². The first-order valence-corrected chi connectivity index (χ1v) is 8.19. The molecule has 1 aliphatic carbocycles. The lowest BCUT2D eigenvalue weighted by atomic mass is 9.96. The van der Waals surface area contributed by atoms with E-state index in [1.165, 1.54) is 0 Å². The highest BCUT2D eigenvalue weighted by atomic mass is 16.4. The summed E-state index contributed by atoms with van der Waals surface area (Å²) in [6.45, 7) is 6.79. The molecule has 0 bridgehead atoms. The zero-order valence-corrected chi connectivity index (χ0v) is 13.3. The summed E-state index contributed by atoms with van der Waals surface area (Å²) in [5.74, 6) is -0.884. The van der Waals surface area contributed by atoms with Crippen molar-refractivity contribution in [3.8, 4) is 0 Å². The van der Waals surface area contributed by atoms with Gasteiger partial charge in [0.25, 0.3) is 0 Å². The molecule has 0 aromatic rings. The zero-order chi connectivity index (χ0) is 15.6. The predicted molar refractivity (Wildman–Crippen MR) is 80.9 cm³/mol. The molecule has 0 radical (unpaired) electrons. The molecule has 120 valence electrons. The van der Waals surface area contributed by atoms with Crippen LogP contribution in [0.1, 0.15) is 52.9 Å². The number of aliphatic carboxylic acids is 1. The standard InChI is InChI=1S/C16H28N2O3/c1-10-7-8-11(2)18(10)12(3)15(19)17-9-13-5-4-6-14(13)16(20)21/h10-14H,4-9H2,1-3H3,(H,17,19)(H,20,21). The van der Waals surface area contributed by atoms with Gasteiger partial charge in [0.1, 0.15) is 0 Å². The van der Waals surface area contributed by atoms with E-state index in [2.05, 4.69) is 24.1 Å². The number of amides is 1. The second-order valence-corrected chi connectivity index (χ2v) is 6.78. The number of rotatable bonds is 5. The number of carboxylic acid groups (broad SMARTS) is 1. The van der Waals surface area contributed by atoms with E-state index in [4.69, 9.17) is 0 Å². The minimum Gasteiger partial charge on any atom is -0.481 e. The minimum atomic E-state index is -0.721. The zero-order valence-electron chi connectivity index (χ0n) is 13.3. The van der Waals surface area contributed by atoms with Gasteiger partial charge in [-0.1, -0.05) is 6.42 Å². The first-order valence-electron chi connectivity index (χ1n) is 8.19. The van der Waals surface area contributed by atoms with E-state index in [-0.39, 0.29) is 23.8 Å². The summed E-state index contributed by atoms with van der Waals surface area (Å²) >= 11 is 0. The largest absolute Gasteiger partial charge is 0.481 e. The molecule has 1 saturated heterocycles. The molecular weight excluding hydrogens is 268 g/mol. The van der Waals surface area contributed by atoms with Gasteiger partial charge in [0.15, 0.2) is 0 Å². The lowest BCUT2D eigenvalue weighted by Crippen LogP contribution is -2.50. The molecule has 5 unspecified atom stereocenters. The number of carbonyl (C=O) groups excluding carboxylic acids is 1. The van der Waals surface area contributed by atoms with Crippen LogP contribution in [0.3, 0.4) is 0 Å². The number of carboxylic acids is 1. The molecule has 5 atom stereocenters. The van der Waals surface area contributed by atoms with E-state index in [0.717, 1.165) is 32.1 Å². The molecule has 2 fully saturated rings. The molecule has 5 nitrogen and oxygen atoms in total. The molecule has 2 rings (SSSR count).